The standard InChI is InChI=1S/C25H29FN8O5/c1-14-10-15(4-5-16(14)26)11-28-19(36)17-18(35)21(38)34-13-24(12-29-32-27)6-8-25(9-7-24,23(34)30-17)31-20(37)22(39)33(2)3/h4-5,10,35H,6-9,11-13H2,1-3H3,(H,28,36)(H,31,37). The SMILES string of the molecule is Cc1cc(CNC(=O)c2nc3n(c(=O)c2O)CC2(CN=[N+]=[N-])CCC3(NC(=O)C(=O)N(C)C)CC2)ccc1F. The number of hydrogen-bond donors (Lipinski definition) is 3. The molecule has 3 heterocycles. The summed E-state index contributed by atoms with van der Waals surface area (Å²) in [6.07, 6.45) is 1.37. The first-order valence-corrected chi connectivity index (χ1v) is 12.3. The summed E-state index contributed by atoms with van der Waals surface area (Å²) < 4.78 is 14.8. The van der Waals surface area contributed by atoms with Gasteiger partial charge in [-0.05, 0) is 60.7 Å². The van der Waals surface area contributed by atoms with Gasteiger partial charge in [-0.25, -0.2) is 9.37 Å². The number of aromatic hydroxyl groups is 1. The van der Waals surface area contributed by atoms with Crippen molar-refractivity contribution in [2.24, 2.45) is 10.5 Å². The number of rotatable bonds is 6. The monoisotopic (exact) mass is 540 g/mol. The molecule has 5 rings (SSSR count). The zero-order valence-electron chi connectivity index (χ0n) is 21.8. The second-order valence-electron chi connectivity index (χ2n) is 10.4. The molecule has 1 aliphatic carbocycles. The molecule has 1 aromatic heterocycles. The Hall–Kier alpha value is -4.45. The molecule has 13 nitrogen and oxygen atoms in total. The summed E-state index contributed by atoms with van der Waals surface area (Å²) in [5, 5.41) is 19.8. The summed E-state index contributed by atoms with van der Waals surface area (Å²) in [6, 6.07) is 4.32. The molecular weight excluding hydrogens is 511 g/mol. The summed E-state index contributed by atoms with van der Waals surface area (Å²) in [4.78, 5) is 60.1. The molecule has 1 aromatic carbocycles. The number of aryl methyl sites for hydroxylation is 1. The lowest BCUT2D eigenvalue weighted by atomic mass is 9.68. The van der Waals surface area contributed by atoms with E-state index < -0.39 is 51.5 Å². The van der Waals surface area contributed by atoms with E-state index in [4.69, 9.17) is 5.53 Å². The van der Waals surface area contributed by atoms with Crippen molar-refractivity contribution in [1.82, 2.24) is 25.1 Å². The van der Waals surface area contributed by atoms with Gasteiger partial charge in [0.05, 0.1) is 5.54 Å². The molecule has 0 atom stereocenters. The number of nitrogens with zero attached hydrogens (tertiary/aromatic N) is 6. The predicted molar refractivity (Wildman–Crippen MR) is 136 cm³/mol. The van der Waals surface area contributed by atoms with Gasteiger partial charge in [0.1, 0.15) is 11.6 Å². The maximum Gasteiger partial charge on any atom is 0.311 e. The first-order chi connectivity index (χ1) is 18.4. The Kier molecular flexibility index (Phi) is 7.33. The minimum Gasteiger partial charge on any atom is -0.501 e. The third-order valence-electron chi connectivity index (χ3n) is 7.54. The van der Waals surface area contributed by atoms with Crippen LogP contribution >= 0.6 is 0 Å². The Morgan fingerprint density at radius 3 is 2.56 bits per heavy atom. The van der Waals surface area contributed by atoms with Gasteiger partial charge in [-0.1, -0.05) is 17.2 Å². The topological polar surface area (TPSA) is 182 Å². The van der Waals surface area contributed by atoms with Gasteiger partial charge in [0.25, 0.3) is 11.5 Å². The van der Waals surface area contributed by atoms with E-state index in [1.54, 1.807) is 13.0 Å². The molecule has 2 aliphatic heterocycles. The Morgan fingerprint density at radius 2 is 1.95 bits per heavy atom. The van der Waals surface area contributed by atoms with Crippen LogP contribution in [-0.4, -0.2) is 57.9 Å². The summed E-state index contributed by atoms with van der Waals surface area (Å²) in [6.45, 7) is 1.68. The molecule has 1 saturated carbocycles. The Labute approximate surface area is 222 Å². The molecule has 0 radical (unpaired) electrons. The zero-order valence-corrected chi connectivity index (χ0v) is 21.8. The van der Waals surface area contributed by atoms with Gasteiger partial charge in [0.2, 0.25) is 5.75 Å². The van der Waals surface area contributed by atoms with Gasteiger partial charge in [0, 0.05) is 38.6 Å². The van der Waals surface area contributed by atoms with Gasteiger partial charge in [0.15, 0.2) is 5.69 Å². The van der Waals surface area contributed by atoms with Crippen molar-refractivity contribution in [2.45, 2.75) is 51.2 Å². The molecule has 3 N–H and O–H groups in total. The van der Waals surface area contributed by atoms with Crippen LogP contribution in [0.2, 0.25) is 0 Å². The average molecular weight is 541 g/mol. The van der Waals surface area contributed by atoms with Gasteiger partial charge in [-0.15, -0.1) is 0 Å². The minimum absolute atomic E-state index is 0.0199. The number of likely N-dealkylation sites (N-methyl/N-ethyl adjacent to an activating group) is 1. The van der Waals surface area contributed by atoms with Crippen LogP contribution in [-0.2, 0) is 28.2 Å². The molecule has 0 spiro atoms. The summed E-state index contributed by atoms with van der Waals surface area (Å²) in [7, 11) is 2.86. The number of halogens is 1. The molecule has 206 valence electrons. The molecule has 1 fully saturated rings. The number of benzene rings is 1. The lowest BCUT2D eigenvalue weighted by Crippen LogP contribution is -2.54. The fourth-order valence-electron chi connectivity index (χ4n) is 5.27. The fourth-order valence-corrected chi connectivity index (χ4v) is 5.27. The lowest BCUT2D eigenvalue weighted by molar-refractivity contribution is -0.145. The normalized spacial score (nSPS) is 21.2. The molecule has 39 heavy (non-hydrogen) atoms. The second kappa shape index (κ2) is 10.4. The maximum atomic E-state index is 13.6. The van der Waals surface area contributed by atoms with Gasteiger partial charge in [-0.2, -0.15) is 0 Å². The van der Waals surface area contributed by atoms with Gasteiger partial charge < -0.3 is 20.6 Å². The summed E-state index contributed by atoms with van der Waals surface area (Å²) in [5.41, 5.74) is 6.54. The van der Waals surface area contributed by atoms with Gasteiger partial charge in [-0.3, -0.25) is 23.7 Å². The van der Waals surface area contributed by atoms with Crippen LogP contribution in [0.1, 0.15) is 53.1 Å². The van der Waals surface area contributed by atoms with E-state index in [-0.39, 0.29) is 38.3 Å². The van der Waals surface area contributed by atoms with E-state index >= 15 is 0 Å². The van der Waals surface area contributed by atoms with Crippen LogP contribution in [0, 0.1) is 18.2 Å². The van der Waals surface area contributed by atoms with Crippen molar-refractivity contribution in [1.29, 1.82) is 0 Å². The molecule has 0 saturated heterocycles. The first-order valence-electron chi connectivity index (χ1n) is 12.3. The van der Waals surface area contributed by atoms with Crippen molar-refractivity contribution in [3.05, 3.63) is 67.5 Å². The molecule has 2 aromatic rings. The number of amides is 3. The Balaban J connectivity index is 1.76. The minimum atomic E-state index is -1.28. The number of hydrogen-bond acceptors (Lipinski definition) is 7. The largest absolute Gasteiger partial charge is 0.501 e. The van der Waals surface area contributed by atoms with E-state index in [2.05, 4.69) is 25.6 Å². The third-order valence-corrected chi connectivity index (χ3v) is 7.54. The van der Waals surface area contributed by atoms with Crippen molar-refractivity contribution < 1.29 is 23.9 Å². The van der Waals surface area contributed by atoms with Crippen LogP contribution in [0.3, 0.4) is 0 Å². The number of carbonyl (C=O) groups excluding carboxylic acids is 3. The van der Waals surface area contributed by atoms with Crippen molar-refractivity contribution >= 4 is 17.7 Å². The highest BCUT2D eigenvalue weighted by atomic mass is 19.1. The Morgan fingerprint density at radius 1 is 1.26 bits per heavy atom. The highest BCUT2D eigenvalue weighted by molar-refractivity contribution is 6.35. The van der Waals surface area contributed by atoms with E-state index in [1.807, 2.05) is 0 Å². The number of aromatic nitrogens is 2. The van der Waals surface area contributed by atoms with Gasteiger partial charge >= 0.3 is 11.8 Å². The zero-order chi connectivity index (χ0) is 28.5. The van der Waals surface area contributed by atoms with Crippen LogP contribution in [0.15, 0.2) is 28.1 Å². The molecule has 0 unspecified atom stereocenters. The maximum absolute atomic E-state index is 13.6. The highest BCUT2D eigenvalue weighted by Crippen LogP contribution is 2.49. The van der Waals surface area contributed by atoms with E-state index in [0.29, 0.717) is 24.0 Å². The second-order valence-corrected chi connectivity index (χ2v) is 10.4. The van der Waals surface area contributed by atoms with E-state index in [0.717, 1.165) is 4.90 Å². The molecule has 2 bridgehead atoms. The van der Waals surface area contributed by atoms with Crippen LogP contribution in [0.4, 0.5) is 4.39 Å². The first kappa shape index (κ1) is 27.6. The number of azide groups is 1. The number of nitrogens with one attached hydrogen (secondary N) is 2. The van der Waals surface area contributed by atoms with Crippen LogP contribution in [0.5, 0.6) is 5.75 Å². The molecular formula is C25H29FN8O5. The highest BCUT2D eigenvalue weighted by Gasteiger charge is 2.51. The Bertz CT molecular complexity index is 1460. The predicted octanol–water partition coefficient (Wildman–Crippen LogP) is 1.61. The van der Waals surface area contributed by atoms with Crippen LogP contribution in [0.25, 0.3) is 10.4 Å². The molecule has 14 heteroatoms. The smallest absolute Gasteiger partial charge is 0.311 e. The van der Waals surface area contributed by atoms with Crippen molar-refractivity contribution in [3.8, 4) is 5.75 Å². The number of carbonyl (C=O) groups is 3. The lowest BCUT2D eigenvalue weighted by Gasteiger charge is -2.41. The summed E-state index contributed by atoms with van der Waals surface area (Å²) in [5.74, 6) is -3.79. The molecule has 3 aliphatic rings. The van der Waals surface area contributed by atoms with Crippen molar-refractivity contribution in [3.63, 3.8) is 0 Å². The average Bonchev–Trinajstić information content (AvgIpc) is 3.12. The van der Waals surface area contributed by atoms with Crippen LogP contribution < -0.4 is 16.2 Å². The van der Waals surface area contributed by atoms with E-state index in [9.17, 15) is 28.7 Å². The van der Waals surface area contributed by atoms with E-state index in [1.165, 1.54) is 30.8 Å². The quantitative estimate of drug-likeness (QED) is 0.216. The van der Waals surface area contributed by atoms with Crippen molar-refractivity contribution in [2.75, 3.05) is 20.6 Å². The fraction of sp³-hybridized carbons (Fsp3) is 0.480. The summed E-state index contributed by atoms with van der Waals surface area (Å²) >= 11 is 0. The number of fused-ring (bicyclic) bond motifs is 2. The molecule has 3 amide bonds. The third kappa shape index (κ3) is 5.15.